The third kappa shape index (κ3) is 1.52. The largest absolute Gasteiger partial charge is 0.508 e. The maximum Gasteiger partial charge on any atom is 0.335 e. The van der Waals surface area contributed by atoms with Crippen LogP contribution >= 0.6 is 0 Å². The predicted molar refractivity (Wildman–Crippen MR) is 57.3 cm³/mol. The quantitative estimate of drug-likeness (QED) is 0.747. The summed E-state index contributed by atoms with van der Waals surface area (Å²) in [6, 6.07) is 8.25. The Labute approximate surface area is 86.6 Å². The van der Waals surface area contributed by atoms with E-state index < -0.39 is 5.97 Å². The molecule has 0 bridgehead atoms. The molecule has 76 valence electrons. The molecule has 2 aromatic rings. The maximum atomic E-state index is 10.9. The van der Waals surface area contributed by atoms with Crippen LogP contribution in [0, 0.1) is 6.92 Å². The van der Waals surface area contributed by atoms with Crippen molar-refractivity contribution in [1.82, 2.24) is 0 Å². The van der Waals surface area contributed by atoms with Crippen LogP contribution in [0.5, 0.6) is 5.75 Å². The van der Waals surface area contributed by atoms with Crippen LogP contribution in [0.1, 0.15) is 15.9 Å². The summed E-state index contributed by atoms with van der Waals surface area (Å²) in [4.78, 5) is 10.9. The summed E-state index contributed by atoms with van der Waals surface area (Å²) in [7, 11) is 0. The topological polar surface area (TPSA) is 57.5 Å². The molecule has 2 N–H and O–H groups in total. The van der Waals surface area contributed by atoms with Crippen molar-refractivity contribution in [2.75, 3.05) is 0 Å². The highest BCUT2D eigenvalue weighted by Crippen LogP contribution is 2.25. The normalized spacial score (nSPS) is 10.5. The summed E-state index contributed by atoms with van der Waals surface area (Å²) in [6.45, 7) is 1.74. The zero-order chi connectivity index (χ0) is 11.0. The number of carbonyl (C=O) groups is 1. The Kier molecular flexibility index (Phi) is 2.08. The van der Waals surface area contributed by atoms with E-state index in [-0.39, 0.29) is 11.3 Å². The van der Waals surface area contributed by atoms with Crippen molar-refractivity contribution < 1.29 is 15.0 Å². The van der Waals surface area contributed by atoms with Gasteiger partial charge in [-0.05, 0) is 41.5 Å². The molecule has 0 saturated heterocycles. The average Bonchev–Trinajstić information content (AvgIpc) is 2.19. The molecule has 2 aromatic carbocycles. The zero-order valence-electron chi connectivity index (χ0n) is 8.19. The van der Waals surface area contributed by atoms with Gasteiger partial charge in [0, 0.05) is 0 Å². The Bertz CT molecular complexity index is 544. The first-order chi connectivity index (χ1) is 7.09. The molecule has 0 aliphatic heterocycles. The zero-order valence-corrected chi connectivity index (χ0v) is 8.19. The second-order valence-electron chi connectivity index (χ2n) is 3.45. The molecule has 0 aliphatic carbocycles. The van der Waals surface area contributed by atoms with Gasteiger partial charge in [-0.3, -0.25) is 0 Å². The van der Waals surface area contributed by atoms with Gasteiger partial charge in [0.2, 0.25) is 0 Å². The standard InChI is InChI=1S/C12H10O3/c1-7-10(12(14)15)5-3-8-2-4-9(13)6-11(7)8/h2-6,13H,1H3,(H,14,15). The minimum absolute atomic E-state index is 0.146. The van der Waals surface area contributed by atoms with Gasteiger partial charge in [-0.2, -0.15) is 0 Å². The average molecular weight is 202 g/mol. The summed E-state index contributed by atoms with van der Waals surface area (Å²) in [5.74, 6) is -0.800. The molecule has 3 nitrogen and oxygen atoms in total. The number of phenols is 1. The van der Waals surface area contributed by atoms with Crippen molar-refractivity contribution >= 4 is 16.7 Å². The van der Waals surface area contributed by atoms with Crippen molar-refractivity contribution in [2.45, 2.75) is 6.92 Å². The van der Waals surface area contributed by atoms with Gasteiger partial charge in [0.05, 0.1) is 5.56 Å². The molecule has 3 heteroatoms. The first-order valence-electron chi connectivity index (χ1n) is 4.55. The molecule has 0 aromatic heterocycles. The summed E-state index contributed by atoms with van der Waals surface area (Å²) >= 11 is 0. The molecular weight excluding hydrogens is 192 g/mol. The number of phenolic OH excluding ortho intramolecular Hbond substituents is 1. The lowest BCUT2D eigenvalue weighted by Gasteiger charge is -2.06. The van der Waals surface area contributed by atoms with Gasteiger partial charge in [0.1, 0.15) is 5.75 Å². The van der Waals surface area contributed by atoms with Gasteiger partial charge in [-0.25, -0.2) is 4.79 Å². The second kappa shape index (κ2) is 3.28. The minimum atomic E-state index is -0.947. The van der Waals surface area contributed by atoms with Crippen LogP contribution in [0.15, 0.2) is 30.3 Å². The molecule has 0 amide bonds. The lowest BCUT2D eigenvalue weighted by molar-refractivity contribution is 0.0696. The number of fused-ring (bicyclic) bond motifs is 1. The highest BCUT2D eigenvalue weighted by molar-refractivity contribution is 5.98. The Morgan fingerprint density at radius 1 is 1.20 bits per heavy atom. The third-order valence-corrected chi connectivity index (χ3v) is 2.50. The fourth-order valence-corrected chi connectivity index (χ4v) is 1.69. The van der Waals surface area contributed by atoms with Crippen molar-refractivity contribution in [2.24, 2.45) is 0 Å². The van der Waals surface area contributed by atoms with Gasteiger partial charge in [-0.15, -0.1) is 0 Å². The molecule has 0 radical (unpaired) electrons. The fraction of sp³-hybridized carbons (Fsp3) is 0.0833. The van der Waals surface area contributed by atoms with E-state index in [0.29, 0.717) is 5.56 Å². The van der Waals surface area contributed by atoms with E-state index in [1.165, 1.54) is 0 Å². The Balaban J connectivity index is 2.82. The van der Waals surface area contributed by atoms with Crippen LogP contribution in [-0.2, 0) is 0 Å². The lowest BCUT2D eigenvalue weighted by Crippen LogP contribution is -1.99. The number of carboxylic acid groups (broad SMARTS) is 1. The fourth-order valence-electron chi connectivity index (χ4n) is 1.69. The third-order valence-electron chi connectivity index (χ3n) is 2.50. The maximum absolute atomic E-state index is 10.9. The molecule has 0 unspecified atom stereocenters. The van der Waals surface area contributed by atoms with Crippen LogP contribution < -0.4 is 0 Å². The van der Waals surface area contributed by atoms with Crippen LogP contribution in [-0.4, -0.2) is 16.2 Å². The van der Waals surface area contributed by atoms with Crippen LogP contribution in [0.2, 0.25) is 0 Å². The number of hydrogen-bond donors (Lipinski definition) is 2. The van der Waals surface area contributed by atoms with E-state index in [0.717, 1.165) is 10.8 Å². The van der Waals surface area contributed by atoms with Gasteiger partial charge in [0.25, 0.3) is 0 Å². The molecular formula is C12H10O3. The van der Waals surface area contributed by atoms with Crippen molar-refractivity contribution in [3.63, 3.8) is 0 Å². The van der Waals surface area contributed by atoms with E-state index in [1.54, 1.807) is 37.3 Å². The first kappa shape index (κ1) is 9.52. The predicted octanol–water partition coefficient (Wildman–Crippen LogP) is 2.55. The van der Waals surface area contributed by atoms with Crippen molar-refractivity contribution in [3.05, 3.63) is 41.5 Å². The Morgan fingerprint density at radius 2 is 1.87 bits per heavy atom. The first-order valence-corrected chi connectivity index (χ1v) is 4.55. The summed E-state index contributed by atoms with van der Waals surface area (Å²) in [5, 5.41) is 20.0. The second-order valence-corrected chi connectivity index (χ2v) is 3.45. The van der Waals surface area contributed by atoms with Gasteiger partial charge < -0.3 is 10.2 Å². The number of benzene rings is 2. The molecule has 0 aliphatic rings. The van der Waals surface area contributed by atoms with E-state index in [9.17, 15) is 9.90 Å². The smallest absolute Gasteiger partial charge is 0.335 e. The van der Waals surface area contributed by atoms with Gasteiger partial charge in [-0.1, -0.05) is 12.1 Å². The molecule has 2 rings (SSSR count). The molecule has 0 spiro atoms. The molecule has 0 saturated carbocycles. The number of aromatic carboxylic acids is 1. The monoisotopic (exact) mass is 202 g/mol. The highest BCUT2D eigenvalue weighted by Gasteiger charge is 2.09. The van der Waals surface area contributed by atoms with Crippen molar-refractivity contribution in [1.29, 1.82) is 0 Å². The van der Waals surface area contributed by atoms with Gasteiger partial charge >= 0.3 is 5.97 Å². The summed E-state index contributed by atoms with van der Waals surface area (Å²) < 4.78 is 0. The highest BCUT2D eigenvalue weighted by atomic mass is 16.4. The van der Waals surface area contributed by atoms with E-state index in [2.05, 4.69) is 0 Å². The number of aromatic hydroxyl groups is 1. The van der Waals surface area contributed by atoms with E-state index in [1.807, 2.05) is 0 Å². The lowest BCUT2D eigenvalue weighted by atomic mass is 10.00. The molecule has 0 heterocycles. The van der Waals surface area contributed by atoms with Crippen LogP contribution in [0.4, 0.5) is 0 Å². The number of rotatable bonds is 1. The van der Waals surface area contributed by atoms with Crippen molar-refractivity contribution in [3.8, 4) is 5.75 Å². The Morgan fingerprint density at radius 3 is 2.53 bits per heavy atom. The molecule has 15 heavy (non-hydrogen) atoms. The molecule has 0 fully saturated rings. The number of aryl methyl sites for hydroxylation is 1. The minimum Gasteiger partial charge on any atom is -0.508 e. The molecule has 0 atom stereocenters. The van der Waals surface area contributed by atoms with Crippen LogP contribution in [0.3, 0.4) is 0 Å². The summed E-state index contributed by atoms with van der Waals surface area (Å²) in [5.41, 5.74) is 0.948. The van der Waals surface area contributed by atoms with E-state index in [4.69, 9.17) is 5.11 Å². The Hall–Kier alpha value is -2.03. The summed E-state index contributed by atoms with van der Waals surface area (Å²) in [6.07, 6.45) is 0. The van der Waals surface area contributed by atoms with Crippen LogP contribution in [0.25, 0.3) is 10.8 Å². The van der Waals surface area contributed by atoms with E-state index >= 15 is 0 Å². The van der Waals surface area contributed by atoms with Gasteiger partial charge in [0.15, 0.2) is 0 Å². The number of carboxylic acids is 1. The SMILES string of the molecule is Cc1c(C(=O)O)ccc2ccc(O)cc12. The number of hydrogen-bond acceptors (Lipinski definition) is 2.